The van der Waals surface area contributed by atoms with Crippen molar-refractivity contribution in [2.75, 3.05) is 5.32 Å². The normalized spacial score (nSPS) is 14.2. The molecule has 2 amide bonds. The van der Waals surface area contributed by atoms with Gasteiger partial charge >= 0.3 is 6.18 Å². The van der Waals surface area contributed by atoms with Crippen LogP contribution in [0.3, 0.4) is 0 Å². The minimum absolute atomic E-state index is 0.114. The van der Waals surface area contributed by atoms with E-state index in [9.17, 15) is 31.9 Å². The summed E-state index contributed by atoms with van der Waals surface area (Å²) in [6.07, 6.45) is 3.03. The van der Waals surface area contributed by atoms with Crippen molar-refractivity contribution in [1.29, 1.82) is 0 Å². The molecular formula is C25H30F4N6O3S. The number of hydrogen-bond donors (Lipinski definition) is 3. The average molecular weight is 571 g/mol. The quantitative estimate of drug-likeness (QED) is 0.231. The summed E-state index contributed by atoms with van der Waals surface area (Å²) in [7, 11) is 0. The van der Waals surface area contributed by atoms with E-state index >= 15 is 0 Å². The molecule has 14 heteroatoms. The van der Waals surface area contributed by atoms with Crippen LogP contribution in [0.2, 0.25) is 0 Å². The Kier molecular flexibility index (Phi) is 13.7. The van der Waals surface area contributed by atoms with Crippen molar-refractivity contribution in [3.63, 3.8) is 0 Å². The zero-order valence-electron chi connectivity index (χ0n) is 21.8. The molecule has 0 fully saturated rings. The number of aromatic nitrogens is 3. The molecule has 0 saturated carbocycles. The second-order valence-corrected chi connectivity index (χ2v) is 8.53. The molecule has 0 radical (unpaired) electrons. The minimum Gasteiger partial charge on any atom is -0.405 e. The van der Waals surface area contributed by atoms with Crippen molar-refractivity contribution >= 4 is 35.3 Å². The molecule has 0 spiro atoms. The molecule has 3 heterocycles. The molecule has 1 atom stereocenters. The van der Waals surface area contributed by atoms with Gasteiger partial charge in [-0.05, 0) is 38.1 Å². The van der Waals surface area contributed by atoms with E-state index in [1.165, 1.54) is 30.8 Å². The maximum atomic E-state index is 12.9. The van der Waals surface area contributed by atoms with Gasteiger partial charge in [-0.1, -0.05) is 26.8 Å². The third-order valence-electron chi connectivity index (χ3n) is 4.72. The summed E-state index contributed by atoms with van der Waals surface area (Å²) in [5, 5.41) is 6.07. The number of carbonyl (C=O) groups excluding carboxylic acids is 3. The molecule has 39 heavy (non-hydrogen) atoms. The summed E-state index contributed by atoms with van der Waals surface area (Å²) in [4.78, 5) is 47.2. The van der Waals surface area contributed by atoms with Gasteiger partial charge < -0.3 is 16.4 Å². The maximum absolute atomic E-state index is 12.9. The van der Waals surface area contributed by atoms with Crippen molar-refractivity contribution in [3.05, 3.63) is 69.5 Å². The first-order valence-electron chi connectivity index (χ1n) is 11.9. The molecule has 1 aliphatic heterocycles. The lowest BCUT2D eigenvalue weighted by Gasteiger charge is -2.18. The van der Waals surface area contributed by atoms with Gasteiger partial charge in [0.15, 0.2) is 6.29 Å². The van der Waals surface area contributed by atoms with Crippen molar-refractivity contribution in [2.45, 2.75) is 59.2 Å². The number of alkyl halides is 3. The molecule has 2 aromatic rings. The third kappa shape index (κ3) is 10.0. The molecule has 3 rings (SSSR count). The van der Waals surface area contributed by atoms with Gasteiger partial charge in [-0.25, -0.2) is 19.3 Å². The first-order chi connectivity index (χ1) is 18.5. The monoisotopic (exact) mass is 570 g/mol. The summed E-state index contributed by atoms with van der Waals surface area (Å²) in [6.45, 7) is 7.28. The number of rotatable bonds is 7. The standard InChI is InChI=1S/C14H13N5O3S.C9H11F4N.C2H6/c1-7(14-15-4-8(5-20)23-14)18-13(22)11-9-2-3-10(21)19-12(9)17-6-16-11;1-2-4-7(9(11,12)13)8(10)5-3-6-14;1-2/h4-7H,2-3H2,1H3,(H,18,22)(H,16,17,19,21);3-6H,2,14H2,1H3;1-2H3/b;6-3+,7-4+,8-5+;. The summed E-state index contributed by atoms with van der Waals surface area (Å²) in [6, 6.07) is -0.356. The van der Waals surface area contributed by atoms with Crippen LogP contribution in [-0.2, 0) is 11.2 Å². The largest absolute Gasteiger partial charge is 0.418 e. The molecule has 0 aliphatic carbocycles. The lowest BCUT2D eigenvalue weighted by Crippen LogP contribution is -2.30. The molecule has 0 bridgehead atoms. The topological polar surface area (TPSA) is 140 Å². The highest BCUT2D eigenvalue weighted by atomic mass is 32.1. The highest BCUT2D eigenvalue weighted by Crippen LogP contribution is 2.32. The second-order valence-electron chi connectivity index (χ2n) is 7.43. The zero-order valence-corrected chi connectivity index (χ0v) is 22.6. The van der Waals surface area contributed by atoms with Gasteiger partial charge in [0.2, 0.25) is 5.91 Å². The number of anilines is 1. The number of allylic oxidation sites excluding steroid dienone is 5. The van der Waals surface area contributed by atoms with E-state index in [2.05, 4.69) is 25.6 Å². The second kappa shape index (κ2) is 16.1. The number of halogens is 4. The van der Waals surface area contributed by atoms with E-state index in [1.807, 2.05) is 13.8 Å². The number of nitrogens with one attached hydrogen (secondary N) is 2. The van der Waals surface area contributed by atoms with Gasteiger partial charge in [0.25, 0.3) is 5.91 Å². The van der Waals surface area contributed by atoms with Crippen LogP contribution in [0.4, 0.5) is 23.4 Å². The van der Waals surface area contributed by atoms with Crippen LogP contribution in [0.25, 0.3) is 0 Å². The van der Waals surface area contributed by atoms with Gasteiger partial charge in [-0.15, -0.1) is 11.3 Å². The average Bonchev–Trinajstić information content (AvgIpc) is 3.40. The Balaban J connectivity index is 0.000000411. The van der Waals surface area contributed by atoms with Crippen molar-refractivity contribution in [3.8, 4) is 0 Å². The van der Waals surface area contributed by atoms with E-state index in [1.54, 1.807) is 6.92 Å². The van der Waals surface area contributed by atoms with Crippen LogP contribution in [-0.4, -0.2) is 39.2 Å². The Morgan fingerprint density at radius 3 is 2.51 bits per heavy atom. The van der Waals surface area contributed by atoms with E-state index in [-0.39, 0.29) is 30.0 Å². The smallest absolute Gasteiger partial charge is 0.405 e. The fourth-order valence-electron chi connectivity index (χ4n) is 3.05. The summed E-state index contributed by atoms with van der Waals surface area (Å²) < 4.78 is 49.4. The molecule has 1 aliphatic rings. The predicted octanol–water partition coefficient (Wildman–Crippen LogP) is 5.36. The molecular weight excluding hydrogens is 540 g/mol. The number of nitrogens with zero attached hydrogens (tertiary/aromatic N) is 3. The number of hydrogen-bond acceptors (Lipinski definition) is 8. The van der Waals surface area contributed by atoms with Gasteiger partial charge in [-0.3, -0.25) is 14.4 Å². The van der Waals surface area contributed by atoms with Crippen LogP contribution in [0, 0.1) is 0 Å². The predicted molar refractivity (Wildman–Crippen MR) is 141 cm³/mol. The van der Waals surface area contributed by atoms with Crippen LogP contribution in [0.15, 0.2) is 48.4 Å². The first kappa shape index (κ1) is 33.1. The first-order valence-corrected chi connectivity index (χ1v) is 12.7. The maximum Gasteiger partial charge on any atom is 0.418 e. The van der Waals surface area contributed by atoms with Crippen molar-refractivity contribution in [1.82, 2.24) is 20.3 Å². The lowest BCUT2D eigenvalue weighted by molar-refractivity contribution is -0.116. The molecule has 1 unspecified atom stereocenters. The van der Waals surface area contributed by atoms with E-state index in [0.717, 1.165) is 24.6 Å². The number of amides is 2. The number of fused-ring (bicyclic) bond motifs is 1. The summed E-state index contributed by atoms with van der Waals surface area (Å²) in [5.74, 6) is -1.44. The number of nitrogens with two attached hydrogens (primary N) is 1. The number of thiazole rings is 1. The Morgan fingerprint density at radius 1 is 1.26 bits per heavy atom. The highest BCUT2D eigenvalue weighted by molar-refractivity contribution is 7.13. The van der Waals surface area contributed by atoms with Gasteiger partial charge in [0, 0.05) is 18.2 Å². The molecule has 4 N–H and O–H groups in total. The number of aldehydes is 1. The van der Waals surface area contributed by atoms with E-state index in [0.29, 0.717) is 40.2 Å². The molecule has 0 aromatic carbocycles. The van der Waals surface area contributed by atoms with Gasteiger partial charge in [-0.2, -0.15) is 13.2 Å². The fourth-order valence-corrected chi connectivity index (χ4v) is 3.79. The molecule has 0 saturated heterocycles. The molecule has 212 valence electrons. The molecule has 9 nitrogen and oxygen atoms in total. The summed E-state index contributed by atoms with van der Waals surface area (Å²) >= 11 is 1.22. The SMILES string of the molecule is CC.CC(NC(=O)c1ncnc2c1CCC(=O)N2)c1ncc(C=O)s1.CC\C=C(/C(F)=C\C=C\N)C(F)(F)F. The van der Waals surface area contributed by atoms with E-state index < -0.39 is 17.6 Å². The Morgan fingerprint density at radius 2 is 1.95 bits per heavy atom. The van der Waals surface area contributed by atoms with Crippen LogP contribution in [0.1, 0.15) is 77.3 Å². The van der Waals surface area contributed by atoms with Crippen molar-refractivity contribution < 1.29 is 31.9 Å². The highest BCUT2D eigenvalue weighted by Gasteiger charge is 2.35. The zero-order chi connectivity index (χ0) is 29.6. The Bertz CT molecular complexity index is 1220. The van der Waals surface area contributed by atoms with Gasteiger partial charge in [0.05, 0.1) is 16.5 Å². The van der Waals surface area contributed by atoms with Crippen molar-refractivity contribution in [2.24, 2.45) is 5.73 Å². The Hall–Kier alpha value is -3.94. The van der Waals surface area contributed by atoms with E-state index in [4.69, 9.17) is 5.73 Å². The molecule has 2 aromatic heterocycles. The lowest BCUT2D eigenvalue weighted by atomic mass is 10.0. The van der Waals surface area contributed by atoms with Gasteiger partial charge in [0.1, 0.15) is 28.7 Å². The fraction of sp³-hybridized carbons (Fsp3) is 0.360. The van der Waals surface area contributed by atoms with Crippen LogP contribution >= 0.6 is 11.3 Å². The Labute approximate surface area is 227 Å². The van der Waals surface area contributed by atoms with Crippen LogP contribution < -0.4 is 16.4 Å². The number of carbonyl (C=O) groups is 3. The summed E-state index contributed by atoms with van der Waals surface area (Å²) in [5.41, 5.74) is 4.48. The van der Waals surface area contributed by atoms with Crippen LogP contribution in [0.5, 0.6) is 0 Å². The third-order valence-corrected chi connectivity index (χ3v) is 5.83. The minimum atomic E-state index is -4.67.